The lowest BCUT2D eigenvalue weighted by Gasteiger charge is -2.19. The molecule has 2 unspecified atom stereocenters. The van der Waals surface area contributed by atoms with Crippen molar-refractivity contribution in [3.05, 3.63) is 109 Å². The van der Waals surface area contributed by atoms with Gasteiger partial charge in [-0.25, -0.2) is 4.57 Å². The molecular formula is C72H126NO8P. The third kappa shape index (κ3) is 65.8. The van der Waals surface area contributed by atoms with Crippen LogP contribution in [-0.2, 0) is 32.7 Å². The van der Waals surface area contributed by atoms with E-state index >= 15 is 0 Å². The Kier molecular flexibility index (Phi) is 64.1. The summed E-state index contributed by atoms with van der Waals surface area (Å²) in [7, 11) is -4.41. The van der Waals surface area contributed by atoms with Gasteiger partial charge >= 0.3 is 19.8 Å². The van der Waals surface area contributed by atoms with Crippen LogP contribution in [0.5, 0.6) is 0 Å². The second-order valence-corrected chi connectivity index (χ2v) is 23.8. The molecular weight excluding hydrogens is 1040 g/mol. The lowest BCUT2D eigenvalue weighted by molar-refractivity contribution is -0.161. The predicted octanol–water partition coefficient (Wildman–Crippen LogP) is 22.1. The number of carbonyl (C=O) groups excluding carboxylic acids is 2. The molecule has 0 aromatic rings. The molecule has 0 aromatic carbocycles. The molecule has 10 heteroatoms. The second kappa shape index (κ2) is 66.8. The Morgan fingerprint density at radius 1 is 0.378 bits per heavy atom. The first-order valence-corrected chi connectivity index (χ1v) is 35.4. The normalized spacial score (nSPS) is 13.7. The van der Waals surface area contributed by atoms with Gasteiger partial charge in [0.25, 0.3) is 0 Å². The first-order valence-electron chi connectivity index (χ1n) is 33.9. The highest BCUT2D eigenvalue weighted by Crippen LogP contribution is 2.43. The molecule has 0 radical (unpaired) electrons. The van der Waals surface area contributed by atoms with E-state index < -0.39 is 26.5 Å². The van der Waals surface area contributed by atoms with E-state index in [1.165, 1.54) is 173 Å². The van der Waals surface area contributed by atoms with E-state index in [-0.39, 0.29) is 38.6 Å². The zero-order valence-corrected chi connectivity index (χ0v) is 53.8. The van der Waals surface area contributed by atoms with E-state index in [1.54, 1.807) is 0 Å². The van der Waals surface area contributed by atoms with Crippen LogP contribution < -0.4 is 5.73 Å². The van der Waals surface area contributed by atoms with Gasteiger partial charge in [-0.15, -0.1) is 0 Å². The molecule has 9 nitrogen and oxygen atoms in total. The second-order valence-electron chi connectivity index (χ2n) is 22.3. The number of nitrogens with two attached hydrogens (primary N) is 1. The molecule has 0 aliphatic carbocycles. The molecule has 472 valence electrons. The number of allylic oxidation sites excluding steroid dienone is 18. The third-order valence-corrected chi connectivity index (χ3v) is 15.4. The molecule has 0 aliphatic rings. The first kappa shape index (κ1) is 78.7. The smallest absolute Gasteiger partial charge is 0.462 e. The maximum atomic E-state index is 12.7. The summed E-state index contributed by atoms with van der Waals surface area (Å²) in [6, 6.07) is 0. The van der Waals surface area contributed by atoms with Crippen LogP contribution in [0.15, 0.2) is 109 Å². The van der Waals surface area contributed by atoms with Gasteiger partial charge in [-0.2, -0.15) is 0 Å². The third-order valence-electron chi connectivity index (χ3n) is 14.4. The molecule has 0 bridgehead atoms. The Morgan fingerprint density at radius 2 is 0.671 bits per heavy atom. The van der Waals surface area contributed by atoms with E-state index in [4.69, 9.17) is 24.3 Å². The zero-order chi connectivity index (χ0) is 59.4. The van der Waals surface area contributed by atoms with E-state index in [9.17, 15) is 19.0 Å². The van der Waals surface area contributed by atoms with Crippen LogP contribution in [0.4, 0.5) is 0 Å². The van der Waals surface area contributed by atoms with Crippen molar-refractivity contribution >= 4 is 19.8 Å². The van der Waals surface area contributed by atoms with Crippen LogP contribution in [0, 0.1) is 0 Å². The summed E-state index contributed by atoms with van der Waals surface area (Å²) in [4.78, 5) is 35.3. The summed E-state index contributed by atoms with van der Waals surface area (Å²) in [5, 5.41) is 0. The van der Waals surface area contributed by atoms with Crippen LogP contribution >= 0.6 is 7.82 Å². The number of carbonyl (C=O) groups is 2. The minimum Gasteiger partial charge on any atom is -0.462 e. The average molecular weight is 1160 g/mol. The van der Waals surface area contributed by atoms with Crippen molar-refractivity contribution in [2.24, 2.45) is 5.73 Å². The van der Waals surface area contributed by atoms with Crippen LogP contribution in [0.25, 0.3) is 0 Å². The molecule has 0 saturated carbocycles. The average Bonchev–Trinajstić information content (AvgIpc) is 3.48. The minimum atomic E-state index is -4.41. The quantitative estimate of drug-likeness (QED) is 0.0264. The molecule has 3 N–H and O–H groups in total. The number of unbranched alkanes of at least 4 members (excludes halogenated alkanes) is 32. The van der Waals surface area contributed by atoms with Gasteiger partial charge in [0.15, 0.2) is 6.10 Å². The van der Waals surface area contributed by atoms with E-state index in [0.717, 1.165) is 96.3 Å². The van der Waals surface area contributed by atoms with Crippen molar-refractivity contribution < 1.29 is 37.6 Å². The van der Waals surface area contributed by atoms with Gasteiger partial charge in [0.2, 0.25) is 0 Å². The maximum Gasteiger partial charge on any atom is 0.472 e. The van der Waals surface area contributed by atoms with Gasteiger partial charge in [-0.1, -0.05) is 316 Å². The lowest BCUT2D eigenvalue weighted by atomic mass is 10.0. The van der Waals surface area contributed by atoms with Crippen molar-refractivity contribution in [3.8, 4) is 0 Å². The van der Waals surface area contributed by atoms with E-state index in [2.05, 4.69) is 123 Å². The molecule has 0 rings (SSSR count). The van der Waals surface area contributed by atoms with Gasteiger partial charge in [0.1, 0.15) is 6.61 Å². The van der Waals surface area contributed by atoms with Crippen molar-refractivity contribution in [1.82, 2.24) is 0 Å². The topological polar surface area (TPSA) is 134 Å². The van der Waals surface area contributed by atoms with Gasteiger partial charge < -0.3 is 20.1 Å². The number of hydrogen-bond donors (Lipinski definition) is 2. The summed E-state index contributed by atoms with van der Waals surface area (Å²) < 4.78 is 33.1. The van der Waals surface area contributed by atoms with Crippen LogP contribution in [0.1, 0.15) is 303 Å². The monoisotopic (exact) mass is 1160 g/mol. The number of ether oxygens (including phenoxy) is 2. The van der Waals surface area contributed by atoms with Gasteiger partial charge in [0.05, 0.1) is 13.2 Å². The fourth-order valence-electron chi connectivity index (χ4n) is 9.45. The Balaban J connectivity index is 3.98. The molecule has 0 amide bonds. The molecule has 82 heavy (non-hydrogen) atoms. The van der Waals surface area contributed by atoms with Crippen molar-refractivity contribution in [2.75, 3.05) is 26.4 Å². The van der Waals surface area contributed by atoms with Crippen molar-refractivity contribution in [3.63, 3.8) is 0 Å². The lowest BCUT2D eigenvalue weighted by Crippen LogP contribution is -2.29. The van der Waals surface area contributed by atoms with Crippen molar-refractivity contribution in [1.29, 1.82) is 0 Å². The van der Waals surface area contributed by atoms with Gasteiger partial charge in [-0.3, -0.25) is 18.6 Å². The molecule has 0 aromatic heterocycles. The summed E-state index contributed by atoms with van der Waals surface area (Å²) in [5.41, 5.74) is 5.39. The first-order chi connectivity index (χ1) is 40.3. The molecule has 0 saturated heterocycles. The van der Waals surface area contributed by atoms with Crippen molar-refractivity contribution in [2.45, 2.75) is 309 Å². The molecule has 0 heterocycles. The highest BCUT2D eigenvalue weighted by atomic mass is 31.2. The Hall–Kier alpha value is -3.33. The van der Waals surface area contributed by atoms with E-state index in [0.29, 0.717) is 6.42 Å². The van der Waals surface area contributed by atoms with Gasteiger partial charge in [0, 0.05) is 19.4 Å². The summed E-state index contributed by atoms with van der Waals surface area (Å²) in [6.45, 7) is 3.62. The largest absolute Gasteiger partial charge is 0.472 e. The highest BCUT2D eigenvalue weighted by Gasteiger charge is 2.26. The fourth-order valence-corrected chi connectivity index (χ4v) is 10.2. The summed E-state index contributed by atoms with van der Waals surface area (Å²) in [5.74, 6) is -0.862. The standard InChI is InChI=1S/C72H126NO8P/c1-3-5-7-9-11-13-15-17-19-21-23-25-27-29-31-33-35-37-39-41-43-45-47-49-51-53-55-57-59-61-63-65-72(75)81-70(69-80-82(76,77)79-67-66-73)68-78-71(74)64-62-60-58-56-54-52-50-48-46-44-42-40-38-36-34-32-30-28-26-24-22-20-18-16-14-12-10-8-6-4-2/h5,7,11,13,17,19,23,25,29,31,35,37,41,43,47,49,53,55,70H,3-4,6,8-10,12,14-16,18,20-22,24,26-28,30,32-34,36,38-40,42,44-46,48,50-52,54,56-69,73H2,1-2H3,(H,76,77)/b7-5-,13-11-,19-17-,25-23-,31-29-,37-35-,43-41-,49-47-,55-53-. The SMILES string of the molecule is CC/C=C\C/C=C\C/C=C\C/C=C\C/C=C\C/C=C\C/C=C\C/C=C\C/C=C\CCCCCC(=O)OC(COC(=O)CCCCCCCCCCCCCCCCCCCCCCCCCCCCCCCC)COP(=O)(O)OCCN. The summed E-state index contributed by atoms with van der Waals surface area (Å²) >= 11 is 0. The Bertz CT molecular complexity index is 1710. The molecule has 2 atom stereocenters. The Labute approximate surface area is 505 Å². The maximum absolute atomic E-state index is 12.7. The van der Waals surface area contributed by atoms with Crippen LogP contribution in [0.2, 0.25) is 0 Å². The number of hydrogen-bond acceptors (Lipinski definition) is 8. The van der Waals surface area contributed by atoms with Gasteiger partial charge in [-0.05, 0) is 83.5 Å². The van der Waals surface area contributed by atoms with Crippen LogP contribution in [0.3, 0.4) is 0 Å². The molecule has 0 spiro atoms. The fraction of sp³-hybridized carbons (Fsp3) is 0.722. The number of esters is 2. The number of rotatable bonds is 63. The number of phosphoric acid groups is 1. The zero-order valence-electron chi connectivity index (χ0n) is 52.9. The summed E-state index contributed by atoms with van der Waals surface area (Å²) in [6.07, 6.45) is 91.8. The van der Waals surface area contributed by atoms with Crippen LogP contribution in [-0.4, -0.2) is 49.3 Å². The predicted molar refractivity (Wildman–Crippen MR) is 353 cm³/mol. The molecule has 0 aliphatic heterocycles. The Morgan fingerprint density at radius 3 is 1.00 bits per heavy atom. The molecule has 0 fully saturated rings. The minimum absolute atomic E-state index is 0.0433. The highest BCUT2D eigenvalue weighted by molar-refractivity contribution is 7.47. The number of phosphoric ester groups is 1. The van der Waals surface area contributed by atoms with E-state index in [1.807, 2.05) is 0 Å².